The minimum atomic E-state index is 0.415. The van der Waals surface area contributed by atoms with Crippen LogP contribution >= 0.6 is 11.8 Å². The predicted octanol–water partition coefficient (Wildman–Crippen LogP) is 4.06. The van der Waals surface area contributed by atoms with Gasteiger partial charge < -0.3 is 10.1 Å². The number of hydrogen-bond acceptors (Lipinski definition) is 3. The summed E-state index contributed by atoms with van der Waals surface area (Å²) in [4.78, 5) is 1.42. The normalized spacial score (nSPS) is 18.3. The van der Waals surface area contributed by atoms with Crippen LogP contribution in [0.4, 0.5) is 0 Å². The Hall–Kier alpha value is -1.45. The van der Waals surface area contributed by atoms with Gasteiger partial charge in [0.05, 0.1) is 7.11 Å². The molecule has 0 saturated carbocycles. The fourth-order valence-electron chi connectivity index (χ4n) is 2.90. The molecule has 3 heteroatoms. The topological polar surface area (TPSA) is 21.3 Å². The van der Waals surface area contributed by atoms with Gasteiger partial charge in [0.25, 0.3) is 0 Å². The van der Waals surface area contributed by atoms with Gasteiger partial charge in [-0.2, -0.15) is 0 Å². The second kappa shape index (κ2) is 6.54. The number of methoxy groups -OCH3 is 1. The second-order valence-corrected chi connectivity index (χ2v) is 6.55. The Morgan fingerprint density at radius 1 is 1.19 bits per heavy atom. The highest BCUT2D eigenvalue weighted by molar-refractivity contribution is 7.99. The summed E-state index contributed by atoms with van der Waals surface area (Å²) >= 11 is 1.94. The van der Waals surface area contributed by atoms with Crippen LogP contribution in [0.5, 0.6) is 5.75 Å². The highest BCUT2D eigenvalue weighted by atomic mass is 32.2. The van der Waals surface area contributed by atoms with E-state index in [0.717, 1.165) is 17.9 Å². The molecule has 2 nitrogen and oxygen atoms in total. The molecule has 0 aromatic heterocycles. The van der Waals surface area contributed by atoms with Crippen LogP contribution in [0.3, 0.4) is 0 Å². The number of para-hydroxylation sites is 1. The van der Waals surface area contributed by atoms with Crippen molar-refractivity contribution in [1.82, 2.24) is 5.32 Å². The molecule has 0 amide bonds. The number of thioether (sulfide) groups is 1. The number of fused-ring (bicyclic) bond motifs is 1. The molecular formula is C18H21NOS. The minimum absolute atomic E-state index is 0.415. The molecule has 1 aliphatic rings. The van der Waals surface area contributed by atoms with Crippen molar-refractivity contribution in [3.05, 3.63) is 59.7 Å². The average molecular weight is 299 g/mol. The molecule has 2 unspecified atom stereocenters. The van der Waals surface area contributed by atoms with Crippen LogP contribution in [0.15, 0.2) is 53.4 Å². The van der Waals surface area contributed by atoms with Crippen LogP contribution in [-0.2, 0) is 6.42 Å². The summed E-state index contributed by atoms with van der Waals surface area (Å²) in [7, 11) is 1.74. The van der Waals surface area contributed by atoms with Gasteiger partial charge in [-0.15, -0.1) is 11.8 Å². The summed E-state index contributed by atoms with van der Waals surface area (Å²) in [5, 5.41) is 3.76. The highest BCUT2D eigenvalue weighted by Gasteiger charge is 2.23. The Balaban J connectivity index is 1.66. The van der Waals surface area contributed by atoms with E-state index in [1.807, 2.05) is 23.9 Å². The van der Waals surface area contributed by atoms with Gasteiger partial charge in [0.1, 0.15) is 5.75 Å². The van der Waals surface area contributed by atoms with Crippen LogP contribution in [0.2, 0.25) is 0 Å². The van der Waals surface area contributed by atoms with Gasteiger partial charge >= 0.3 is 0 Å². The van der Waals surface area contributed by atoms with E-state index in [0.29, 0.717) is 12.1 Å². The van der Waals surface area contributed by atoms with Gasteiger partial charge in [-0.1, -0.05) is 36.4 Å². The third-order valence-electron chi connectivity index (χ3n) is 3.90. The fraction of sp³-hybridized carbons (Fsp3) is 0.333. The number of hydrogen-bond donors (Lipinski definition) is 1. The lowest BCUT2D eigenvalue weighted by Gasteiger charge is -2.21. The quantitative estimate of drug-likeness (QED) is 0.899. The van der Waals surface area contributed by atoms with Crippen molar-refractivity contribution in [2.75, 3.05) is 12.9 Å². The number of ether oxygens (including phenoxy) is 1. The Morgan fingerprint density at radius 3 is 2.81 bits per heavy atom. The van der Waals surface area contributed by atoms with Crippen molar-refractivity contribution >= 4 is 11.8 Å². The minimum Gasteiger partial charge on any atom is -0.496 e. The first-order chi connectivity index (χ1) is 10.3. The largest absolute Gasteiger partial charge is 0.496 e. The van der Waals surface area contributed by atoms with Gasteiger partial charge in [-0.25, -0.2) is 0 Å². The van der Waals surface area contributed by atoms with Crippen molar-refractivity contribution in [2.45, 2.75) is 30.3 Å². The van der Waals surface area contributed by atoms with Crippen molar-refractivity contribution < 1.29 is 4.74 Å². The van der Waals surface area contributed by atoms with E-state index < -0.39 is 0 Å². The highest BCUT2D eigenvalue weighted by Crippen LogP contribution is 2.38. The summed E-state index contributed by atoms with van der Waals surface area (Å²) in [5.74, 6) is 2.10. The molecule has 110 valence electrons. The van der Waals surface area contributed by atoms with E-state index in [2.05, 4.69) is 48.6 Å². The summed E-state index contributed by atoms with van der Waals surface area (Å²) in [6.45, 7) is 2.25. The molecule has 1 heterocycles. The van der Waals surface area contributed by atoms with Gasteiger partial charge in [-0.3, -0.25) is 0 Å². The third kappa shape index (κ3) is 3.25. The SMILES string of the molecule is COc1ccccc1CC(C)NC1CSc2ccccc21. The molecule has 0 fully saturated rings. The number of benzene rings is 2. The maximum Gasteiger partial charge on any atom is 0.122 e. The van der Waals surface area contributed by atoms with Crippen LogP contribution in [0.25, 0.3) is 0 Å². The van der Waals surface area contributed by atoms with Gasteiger partial charge in [0.2, 0.25) is 0 Å². The van der Waals surface area contributed by atoms with Crippen LogP contribution in [0, 0.1) is 0 Å². The lowest BCUT2D eigenvalue weighted by molar-refractivity contribution is 0.403. The first kappa shape index (κ1) is 14.5. The van der Waals surface area contributed by atoms with Crippen molar-refractivity contribution in [3.8, 4) is 5.75 Å². The molecule has 2 atom stereocenters. The Kier molecular flexibility index (Phi) is 4.51. The van der Waals surface area contributed by atoms with Crippen LogP contribution in [0.1, 0.15) is 24.1 Å². The molecule has 1 aliphatic heterocycles. The zero-order valence-electron chi connectivity index (χ0n) is 12.5. The van der Waals surface area contributed by atoms with E-state index in [1.165, 1.54) is 16.0 Å². The maximum atomic E-state index is 5.44. The molecular weight excluding hydrogens is 278 g/mol. The van der Waals surface area contributed by atoms with Gasteiger partial charge in [0, 0.05) is 22.7 Å². The lowest BCUT2D eigenvalue weighted by Crippen LogP contribution is -2.32. The molecule has 0 saturated heterocycles. The van der Waals surface area contributed by atoms with Crippen LogP contribution in [-0.4, -0.2) is 18.9 Å². The lowest BCUT2D eigenvalue weighted by atomic mass is 10.0. The van der Waals surface area contributed by atoms with Gasteiger partial charge in [-0.05, 0) is 36.6 Å². The molecule has 1 N–H and O–H groups in total. The molecule has 0 bridgehead atoms. The Labute approximate surface area is 130 Å². The first-order valence-electron chi connectivity index (χ1n) is 7.37. The van der Waals surface area contributed by atoms with E-state index in [1.54, 1.807) is 7.11 Å². The van der Waals surface area contributed by atoms with E-state index in [4.69, 9.17) is 4.74 Å². The van der Waals surface area contributed by atoms with Crippen molar-refractivity contribution in [1.29, 1.82) is 0 Å². The standard InChI is InChI=1S/C18H21NOS/c1-13(11-14-7-3-5-9-17(14)20-2)19-16-12-21-18-10-6-4-8-15(16)18/h3-10,13,16,19H,11-12H2,1-2H3. The van der Waals surface area contributed by atoms with Crippen molar-refractivity contribution in [2.24, 2.45) is 0 Å². The zero-order chi connectivity index (χ0) is 14.7. The first-order valence-corrected chi connectivity index (χ1v) is 8.36. The average Bonchev–Trinajstić information content (AvgIpc) is 2.91. The number of nitrogens with one attached hydrogen (secondary N) is 1. The zero-order valence-corrected chi connectivity index (χ0v) is 13.3. The third-order valence-corrected chi connectivity index (χ3v) is 5.09. The summed E-state index contributed by atoms with van der Waals surface area (Å²) in [6, 6.07) is 17.8. The molecule has 21 heavy (non-hydrogen) atoms. The summed E-state index contributed by atoms with van der Waals surface area (Å²) < 4.78 is 5.44. The molecule has 0 spiro atoms. The predicted molar refractivity (Wildman–Crippen MR) is 89.2 cm³/mol. The molecule has 2 aromatic carbocycles. The van der Waals surface area contributed by atoms with E-state index >= 15 is 0 Å². The molecule has 0 radical (unpaired) electrons. The van der Waals surface area contributed by atoms with E-state index in [9.17, 15) is 0 Å². The Morgan fingerprint density at radius 2 is 1.95 bits per heavy atom. The van der Waals surface area contributed by atoms with Crippen molar-refractivity contribution in [3.63, 3.8) is 0 Å². The monoisotopic (exact) mass is 299 g/mol. The molecule has 3 rings (SSSR count). The smallest absolute Gasteiger partial charge is 0.122 e. The summed E-state index contributed by atoms with van der Waals surface area (Å²) in [6.07, 6.45) is 0.980. The van der Waals surface area contributed by atoms with Crippen LogP contribution < -0.4 is 10.1 Å². The fourth-order valence-corrected chi connectivity index (χ4v) is 4.08. The second-order valence-electron chi connectivity index (χ2n) is 5.49. The number of rotatable bonds is 5. The van der Waals surface area contributed by atoms with E-state index in [-0.39, 0.29) is 0 Å². The summed E-state index contributed by atoms with van der Waals surface area (Å²) in [5.41, 5.74) is 2.70. The maximum absolute atomic E-state index is 5.44. The van der Waals surface area contributed by atoms with Gasteiger partial charge in [0.15, 0.2) is 0 Å². The molecule has 2 aromatic rings. The molecule has 0 aliphatic carbocycles. The Bertz CT molecular complexity index is 614.